The normalized spacial score (nSPS) is 11.6. The van der Waals surface area contributed by atoms with E-state index in [4.69, 9.17) is 11.6 Å². The first-order chi connectivity index (χ1) is 10.5. The molecule has 0 aromatic heterocycles. The van der Waals surface area contributed by atoms with Crippen molar-refractivity contribution < 1.29 is 19.4 Å². The molecular weight excluding hydrogens is 308 g/mol. The number of methoxy groups -OCH3 is 1. The number of halogens is 1. The Bertz CT molecular complexity index is 489. The van der Waals surface area contributed by atoms with Crippen molar-refractivity contribution in [2.45, 2.75) is 25.8 Å². The lowest BCUT2D eigenvalue weighted by atomic mass is 10.2. The SMILES string of the molecule is CCC(CO)N(CCC(=O)OC)C(=O)Nc1ccc(Cl)cc1. The molecule has 0 spiro atoms. The molecule has 2 N–H and O–H groups in total. The lowest BCUT2D eigenvalue weighted by Crippen LogP contribution is -2.45. The third-order valence-corrected chi connectivity index (χ3v) is 3.52. The van der Waals surface area contributed by atoms with Gasteiger partial charge in [-0.2, -0.15) is 0 Å². The number of esters is 1. The highest BCUT2D eigenvalue weighted by molar-refractivity contribution is 6.30. The number of anilines is 1. The van der Waals surface area contributed by atoms with E-state index < -0.39 is 5.97 Å². The van der Waals surface area contributed by atoms with Crippen molar-refractivity contribution in [2.24, 2.45) is 0 Å². The molecule has 0 fully saturated rings. The van der Waals surface area contributed by atoms with Crippen LogP contribution in [0.3, 0.4) is 0 Å². The van der Waals surface area contributed by atoms with Crippen molar-refractivity contribution >= 4 is 29.3 Å². The topological polar surface area (TPSA) is 78.9 Å². The molecule has 0 aliphatic carbocycles. The second-order valence-corrected chi connectivity index (χ2v) is 5.14. The minimum atomic E-state index is -0.405. The van der Waals surface area contributed by atoms with E-state index in [9.17, 15) is 14.7 Å². The van der Waals surface area contributed by atoms with E-state index in [1.54, 1.807) is 24.3 Å². The van der Waals surface area contributed by atoms with Gasteiger partial charge in [-0.05, 0) is 30.7 Å². The summed E-state index contributed by atoms with van der Waals surface area (Å²) in [6, 6.07) is 5.94. The number of amides is 2. The Labute approximate surface area is 135 Å². The van der Waals surface area contributed by atoms with E-state index in [0.717, 1.165) is 0 Å². The Morgan fingerprint density at radius 2 is 2.00 bits per heavy atom. The Morgan fingerprint density at radius 1 is 1.36 bits per heavy atom. The van der Waals surface area contributed by atoms with Gasteiger partial charge in [0.15, 0.2) is 0 Å². The van der Waals surface area contributed by atoms with Crippen molar-refractivity contribution in [2.75, 3.05) is 25.6 Å². The molecule has 2 amide bonds. The number of urea groups is 1. The summed E-state index contributed by atoms with van der Waals surface area (Å²) in [5.74, 6) is -0.405. The van der Waals surface area contributed by atoms with Gasteiger partial charge in [-0.25, -0.2) is 4.79 Å². The molecule has 1 rings (SSSR count). The summed E-state index contributed by atoms with van der Waals surface area (Å²) < 4.78 is 4.58. The molecule has 1 aromatic rings. The fraction of sp³-hybridized carbons (Fsp3) is 0.467. The average Bonchev–Trinajstić information content (AvgIpc) is 2.53. The second kappa shape index (κ2) is 9.27. The van der Waals surface area contributed by atoms with Crippen molar-refractivity contribution in [3.63, 3.8) is 0 Å². The van der Waals surface area contributed by atoms with Gasteiger partial charge in [-0.15, -0.1) is 0 Å². The highest BCUT2D eigenvalue weighted by atomic mass is 35.5. The first-order valence-corrected chi connectivity index (χ1v) is 7.40. The Balaban J connectivity index is 2.77. The highest BCUT2D eigenvalue weighted by Gasteiger charge is 2.22. The molecule has 0 aliphatic rings. The minimum absolute atomic E-state index is 0.0705. The van der Waals surface area contributed by atoms with Gasteiger partial charge in [-0.3, -0.25) is 4.79 Å². The molecule has 0 saturated heterocycles. The van der Waals surface area contributed by atoms with Gasteiger partial charge in [0.05, 0.1) is 26.2 Å². The minimum Gasteiger partial charge on any atom is -0.469 e. The van der Waals surface area contributed by atoms with Gasteiger partial charge < -0.3 is 20.1 Å². The summed E-state index contributed by atoms with van der Waals surface area (Å²) >= 11 is 5.80. The fourth-order valence-corrected chi connectivity index (χ4v) is 2.07. The van der Waals surface area contributed by atoms with E-state index >= 15 is 0 Å². The van der Waals surface area contributed by atoms with Crippen LogP contribution in [0.5, 0.6) is 0 Å². The van der Waals surface area contributed by atoms with Crippen LogP contribution in [0.4, 0.5) is 10.5 Å². The number of hydrogen-bond acceptors (Lipinski definition) is 4. The number of hydrogen-bond donors (Lipinski definition) is 2. The molecule has 122 valence electrons. The Hall–Kier alpha value is -1.79. The molecule has 7 heteroatoms. The molecule has 0 saturated carbocycles. The van der Waals surface area contributed by atoms with E-state index in [2.05, 4.69) is 10.1 Å². The number of benzene rings is 1. The number of carbonyl (C=O) groups is 2. The van der Waals surface area contributed by atoms with Crippen LogP contribution < -0.4 is 5.32 Å². The van der Waals surface area contributed by atoms with Crippen LogP contribution >= 0.6 is 11.6 Å². The fourth-order valence-electron chi connectivity index (χ4n) is 1.94. The summed E-state index contributed by atoms with van der Waals surface area (Å²) in [7, 11) is 1.30. The largest absolute Gasteiger partial charge is 0.469 e. The zero-order chi connectivity index (χ0) is 16.5. The lowest BCUT2D eigenvalue weighted by molar-refractivity contribution is -0.140. The van der Waals surface area contributed by atoms with Gasteiger partial charge >= 0.3 is 12.0 Å². The lowest BCUT2D eigenvalue weighted by Gasteiger charge is -2.29. The van der Waals surface area contributed by atoms with Crippen LogP contribution in [0.1, 0.15) is 19.8 Å². The second-order valence-electron chi connectivity index (χ2n) is 4.70. The third kappa shape index (κ3) is 5.54. The summed E-state index contributed by atoms with van der Waals surface area (Å²) in [4.78, 5) is 25.1. The van der Waals surface area contributed by atoms with Crippen LogP contribution in [0.25, 0.3) is 0 Å². The molecule has 0 radical (unpaired) electrons. The van der Waals surface area contributed by atoms with Crippen LogP contribution in [0.2, 0.25) is 5.02 Å². The molecule has 0 aliphatic heterocycles. The van der Waals surface area contributed by atoms with Crippen molar-refractivity contribution in [1.29, 1.82) is 0 Å². The number of nitrogens with zero attached hydrogens (tertiary/aromatic N) is 1. The molecule has 6 nitrogen and oxygen atoms in total. The van der Waals surface area contributed by atoms with E-state index in [0.29, 0.717) is 17.1 Å². The number of ether oxygens (including phenoxy) is 1. The van der Waals surface area contributed by atoms with Gasteiger partial charge in [0.1, 0.15) is 0 Å². The zero-order valence-electron chi connectivity index (χ0n) is 12.7. The standard InChI is InChI=1S/C15H21ClN2O4/c1-3-13(10-19)18(9-8-14(20)22-2)15(21)17-12-6-4-11(16)5-7-12/h4-7,13,19H,3,8-10H2,1-2H3,(H,17,21). The van der Waals surface area contributed by atoms with Crippen LogP contribution in [0, 0.1) is 0 Å². The summed E-state index contributed by atoms with van der Waals surface area (Å²) in [5.41, 5.74) is 0.588. The van der Waals surface area contributed by atoms with Gasteiger partial charge in [0.25, 0.3) is 0 Å². The molecule has 0 heterocycles. The quantitative estimate of drug-likeness (QED) is 0.754. The Kier molecular flexibility index (Phi) is 7.70. The number of nitrogens with one attached hydrogen (secondary N) is 1. The van der Waals surface area contributed by atoms with Crippen LogP contribution in [-0.4, -0.2) is 48.3 Å². The van der Waals surface area contributed by atoms with Crippen molar-refractivity contribution in [3.8, 4) is 0 Å². The smallest absolute Gasteiger partial charge is 0.322 e. The zero-order valence-corrected chi connectivity index (χ0v) is 13.5. The molecule has 1 unspecified atom stereocenters. The first kappa shape index (κ1) is 18.3. The predicted octanol–water partition coefficient (Wildman–Crippen LogP) is 2.51. The van der Waals surface area contributed by atoms with E-state index in [1.165, 1.54) is 12.0 Å². The highest BCUT2D eigenvalue weighted by Crippen LogP contribution is 2.15. The average molecular weight is 329 g/mol. The number of rotatable bonds is 7. The molecule has 1 atom stereocenters. The number of aliphatic hydroxyl groups excluding tert-OH is 1. The summed E-state index contributed by atoms with van der Waals surface area (Å²) in [5, 5.41) is 12.7. The number of carbonyl (C=O) groups excluding carboxylic acids is 2. The molecule has 1 aromatic carbocycles. The monoisotopic (exact) mass is 328 g/mol. The molecule has 0 bridgehead atoms. The van der Waals surface area contributed by atoms with E-state index in [1.807, 2.05) is 6.92 Å². The van der Waals surface area contributed by atoms with Gasteiger partial charge in [0.2, 0.25) is 0 Å². The van der Waals surface area contributed by atoms with Crippen molar-refractivity contribution in [1.82, 2.24) is 4.90 Å². The maximum absolute atomic E-state index is 12.4. The molecule has 22 heavy (non-hydrogen) atoms. The summed E-state index contributed by atoms with van der Waals surface area (Å²) in [6.07, 6.45) is 0.646. The predicted molar refractivity (Wildman–Crippen MR) is 85.0 cm³/mol. The first-order valence-electron chi connectivity index (χ1n) is 7.02. The molecular formula is C15H21ClN2O4. The Morgan fingerprint density at radius 3 is 2.50 bits per heavy atom. The van der Waals surface area contributed by atoms with Crippen LogP contribution in [0.15, 0.2) is 24.3 Å². The van der Waals surface area contributed by atoms with Crippen molar-refractivity contribution in [3.05, 3.63) is 29.3 Å². The maximum Gasteiger partial charge on any atom is 0.322 e. The van der Waals surface area contributed by atoms with E-state index in [-0.39, 0.29) is 31.6 Å². The van der Waals surface area contributed by atoms with Gasteiger partial charge in [0, 0.05) is 17.3 Å². The summed E-state index contributed by atoms with van der Waals surface area (Å²) in [6.45, 7) is 1.86. The number of aliphatic hydroxyl groups is 1. The third-order valence-electron chi connectivity index (χ3n) is 3.26. The van der Waals surface area contributed by atoms with Gasteiger partial charge in [-0.1, -0.05) is 18.5 Å². The van der Waals surface area contributed by atoms with Crippen LogP contribution in [-0.2, 0) is 9.53 Å². The maximum atomic E-state index is 12.4.